The molecule has 0 fully saturated rings. The van der Waals surface area contributed by atoms with E-state index in [1.54, 1.807) is 19.2 Å². The number of hydrogen-bond donors (Lipinski definition) is 1. The van der Waals surface area contributed by atoms with Gasteiger partial charge in [-0.1, -0.05) is 24.3 Å². The molecule has 4 heteroatoms. The number of aliphatic hydroxyl groups is 1. The van der Waals surface area contributed by atoms with Crippen LogP contribution in [0, 0.1) is 5.82 Å². The molecule has 0 aliphatic carbocycles. The van der Waals surface area contributed by atoms with Crippen molar-refractivity contribution in [3.63, 3.8) is 0 Å². The smallest absolute Gasteiger partial charge is 0.141 e. The van der Waals surface area contributed by atoms with Gasteiger partial charge in [-0.2, -0.15) is 0 Å². The Kier molecular flexibility index (Phi) is 2.95. The van der Waals surface area contributed by atoms with E-state index in [1.807, 2.05) is 24.3 Å². The lowest BCUT2D eigenvalue weighted by atomic mass is 9.87. The summed E-state index contributed by atoms with van der Waals surface area (Å²) in [5.74, 6) is -0.476. The SMILES string of the molecule is CC(O)(c1cncc(F)c1)c1cccc2cccnc12. The molecule has 0 spiro atoms. The Bertz CT molecular complexity index is 766. The van der Waals surface area contributed by atoms with E-state index in [2.05, 4.69) is 9.97 Å². The van der Waals surface area contributed by atoms with E-state index in [1.165, 1.54) is 12.3 Å². The van der Waals surface area contributed by atoms with E-state index in [-0.39, 0.29) is 0 Å². The van der Waals surface area contributed by atoms with Crippen LogP contribution in [-0.4, -0.2) is 15.1 Å². The van der Waals surface area contributed by atoms with Gasteiger partial charge in [0, 0.05) is 28.9 Å². The second-order valence-corrected chi connectivity index (χ2v) is 4.84. The second-order valence-electron chi connectivity index (χ2n) is 4.84. The summed E-state index contributed by atoms with van der Waals surface area (Å²) in [6, 6.07) is 10.6. The van der Waals surface area contributed by atoms with Crippen LogP contribution in [0.3, 0.4) is 0 Å². The lowest BCUT2D eigenvalue weighted by molar-refractivity contribution is 0.103. The van der Waals surface area contributed by atoms with Crippen molar-refractivity contribution in [2.75, 3.05) is 0 Å². The molecule has 2 aromatic heterocycles. The number of hydrogen-bond acceptors (Lipinski definition) is 3. The largest absolute Gasteiger partial charge is 0.381 e. The van der Waals surface area contributed by atoms with Crippen LogP contribution < -0.4 is 0 Å². The number of benzene rings is 1. The Morgan fingerprint density at radius 1 is 1.15 bits per heavy atom. The Labute approximate surface area is 115 Å². The van der Waals surface area contributed by atoms with Crippen molar-refractivity contribution in [2.45, 2.75) is 12.5 Å². The fourth-order valence-corrected chi connectivity index (χ4v) is 2.33. The fraction of sp³-hybridized carbons (Fsp3) is 0.125. The fourth-order valence-electron chi connectivity index (χ4n) is 2.33. The molecule has 1 N–H and O–H groups in total. The van der Waals surface area contributed by atoms with Crippen molar-refractivity contribution in [3.8, 4) is 0 Å². The van der Waals surface area contributed by atoms with Crippen LogP contribution in [-0.2, 0) is 5.60 Å². The van der Waals surface area contributed by atoms with Crippen LogP contribution in [0.4, 0.5) is 4.39 Å². The van der Waals surface area contributed by atoms with Crippen LogP contribution in [0.5, 0.6) is 0 Å². The molecular formula is C16H13FN2O. The van der Waals surface area contributed by atoms with E-state index in [4.69, 9.17) is 0 Å². The molecule has 100 valence electrons. The zero-order chi connectivity index (χ0) is 14.2. The van der Waals surface area contributed by atoms with Gasteiger partial charge in [0.05, 0.1) is 11.7 Å². The van der Waals surface area contributed by atoms with Crippen molar-refractivity contribution in [3.05, 3.63) is 71.9 Å². The Morgan fingerprint density at radius 3 is 2.75 bits per heavy atom. The molecule has 2 heterocycles. The number of rotatable bonds is 2. The van der Waals surface area contributed by atoms with Gasteiger partial charge in [0.2, 0.25) is 0 Å². The first kappa shape index (κ1) is 12.7. The molecular weight excluding hydrogens is 255 g/mol. The van der Waals surface area contributed by atoms with Crippen LogP contribution in [0.15, 0.2) is 55.0 Å². The van der Waals surface area contributed by atoms with Gasteiger partial charge in [0.25, 0.3) is 0 Å². The Hall–Kier alpha value is -2.33. The lowest BCUT2D eigenvalue weighted by Gasteiger charge is -2.25. The monoisotopic (exact) mass is 268 g/mol. The van der Waals surface area contributed by atoms with Gasteiger partial charge in [-0.05, 0) is 19.1 Å². The lowest BCUT2D eigenvalue weighted by Crippen LogP contribution is -2.23. The highest BCUT2D eigenvalue weighted by atomic mass is 19.1. The van der Waals surface area contributed by atoms with E-state index >= 15 is 0 Å². The highest BCUT2D eigenvalue weighted by Crippen LogP contribution is 2.32. The summed E-state index contributed by atoms with van der Waals surface area (Å²) in [4.78, 5) is 8.12. The number of para-hydroxylation sites is 1. The van der Waals surface area contributed by atoms with Crippen LogP contribution in [0.1, 0.15) is 18.1 Å². The molecule has 1 aromatic carbocycles. The minimum Gasteiger partial charge on any atom is -0.381 e. The second kappa shape index (κ2) is 4.65. The maximum atomic E-state index is 13.3. The summed E-state index contributed by atoms with van der Waals surface area (Å²) in [6.45, 7) is 1.62. The first-order valence-corrected chi connectivity index (χ1v) is 6.26. The number of aromatic nitrogens is 2. The first-order valence-electron chi connectivity index (χ1n) is 6.26. The molecule has 0 aliphatic rings. The molecule has 0 amide bonds. The zero-order valence-electron chi connectivity index (χ0n) is 10.9. The van der Waals surface area contributed by atoms with Crippen LogP contribution >= 0.6 is 0 Å². The molecule has 0 radical (unpaired) electrons. The maximum absolute atomic E-state index is 13.3. The molecule has 0 aliphatic heterocycles. The normalized spacial score (nSPS) is 14.2. The molecule has 3 nitrogen and oxygen atoms in total. The molecule has 0 saturated heterocycles. The van der Waals surface area contributed by atoms with E-state index in [9.17, 15) is 9.50 Å². The van der Waals surface area contributed by atoms with E-state index < -0.39 is 11.4 Å². The van der Waals surface area contributed by atoms with Gasteiger partial charge >= 0.3 is 0 Å². The standard InChI is InChI=1S/C16H13FN2O/c1-16(20,12-8-13(17)10-18-9-12)14-6-2-4-11-5-3-7-19-15(11)14/h2-10,20H,1H3. The van der Waals surface area contributed by atoms with Crippen LogP contribution in [0.25, 0.3) is 10.9 Å². The summed E-state index contributed by atoms with van der Waals surface area (Å²) in [7, 11) is 0. The Morgan fingerprint density at radius 2 is 1.95 bits per heavy atom. The average Bonchev–Trinajstić information content (AvgIpc) is 2.46. The van der Waals surface area contributed by atoms with Crippen molar-refractivity contribution < 1.29 is 9.50 Å². The predicted octanol–water partition coefficient (Wildman–Crippen LogP) is 3.02. The Balaban J connectivity index is 2.23. The van der Waals surface area contributed by atoms with E-state index in [0.717, 1.165) is 11.6 Å². The topological polar surface area (TPSA) is 46.0 Å². The summed E-state index contributed by atoms with van der Waals surface area (Å²) < 4.78 is 13.3. The zero-order valence-corrected chi connectivity index (χ0v) is 10.9. The van der Waals surface area contributed by atoms with Crippen molar-refractivity contribution in [1.29, 1.82) is 0 Å². The number of fused-ring (bicyclic) bond motifs is 1. The molecule has 1 unspecified atom stereocenters. The highest BCUT2D eigenvalue weighted by molar-refractivity contribution is 5.82. The van der Waals surface area contributed by atoms with Gasteiger partial charge in [-0.3, -0.25) is 9.97 Å². The highest BCUT2D eigenvalue weighted by Gasteiger charge is 2.28. The summed E-state index contributed by atoms with van der Waals surface area (Å²) in [5, 5.41) is 11.8. The van der Waals surface area contributed by atoms with Gasteiger partial charge in [-0.15, -0.1) is 0 Å². The minimum atomic E-state index is -1.36. The third-order valence-corrected chi connectivity index (χ3v) is 3.42. The molecule has 0 saturated carbocycles. The van der Waals surface area contributed by atoms with E-state index in [0.29, 0.717) is 16.6 Å². The minimum absolute atomic E-state index is 0.399. The summed E-state index contributed by atoms with van der Waals surface area (Å²) >= 11 is 0. The van der Waals surface area contributed by atoms with Crippen molar-refractivity contribution in [1.82, 2.24) is 9.97 Å². The number of pyridine rings is 2. The summed E-state index contributed by atoms with van der Waals surface area (Å²) in [5.41, 5.74) is 0.367. The maximum Gasteiger partial charge on any atom is 0.141 e. The molecule has 1 atom stereocenters. The first-order chi connectivity index (χ1) is 9.59. The summed E-state index contributed by atoms with van der Waals surface area (Å²) in [6.07, 6.45) is 4.25. The van der Waals surface area contributed by atoms with Gasteiger partial charge in [-0.25, -0.2) is 4.39 Å². The third kappa shape index (κ3) is 2.04. The molecule has 3 rings (SSSR count). The van der Waals surface area contributed by atoms with Crippen molar-refractivity contribution >= 4 is 10.9 Å². The number of halogens is 1. The van der Waals surface area contributed by atoms with Gasteiger partial charge in [0.15, 0.2) is 0 Å². The van der Waals surface area contributed by atoms with Gasteiger partial charge < -0.3 is 5.11 Å². The average molecular weight is 268 g/mol. The molecule has 20 heavy (non-hydrogen) atoms. The molecule has 3 aromatic rings. The number of nitrogens with zero attached hydrogens (tertiary/aromatic N) is 2. The van der Waals surface area contributed by atoms with Crippen LogP contribution in [0.2, 0.25) is 0 Å². The third-order valence-electron chi connectivity index (χ3n) is 3.42. The quantitative estimate of drug-likeness (QED) is 0.777. The van der Waals surface area contributed by atoms with Crippen molar-refractivity contribution in [2.24, 2.45) is 0 Å². The van der Waals surface area contributed by atoms with Gasteiger partial charge in [0.1, 0.15) is 11.4 Å². The molecule has 0 bridgehead atoms. The predicted molar refractivity (Wildman–Crippen MR) is 74.6 cm³/mol.